The molecule has 4 heteroatoms. The van der Waals surface area contributed by atoms with Gasteiger partial charge in [0.2, 0.25) is 0 Å². The van der Waals surface area contributed by atoms with Gasteiger partial charge in [0.25, 0.3) is 0 Å². The molecule has 1 aliphatic carbocycles. The van der Waals surface area contributed by atoms with Gasteiger partial charge in [-0.3, -0.25) is 0 Å². The molecule has 0 amide bonds. The highest BCUT2D eigenvalue weighted by atomic mass is 32.1. The van der Waals surface area contributed by atoms with Gasteiger partial charge in [-0.05, 0) is 95.5 Å². The van der Waals surface area contributed by atoms with Crippen LogP contribution >= 0.6 is 11.3 Å². The van der Waals surface area contributed by atoms with Crippen LogP contribution in [0.2, 0.25) is 0 Å². The second-order valence-electron chi connectivity index (χ2n) is 13.3. The quantitative estimate of drug-likeness (QED) is 0.199. The van der Waals surface area contributed by atoms with Crippen LogP contribution in [0.25, 0.3) is 53.2 Å². The molecule has 1 saturated heterocycles. The predicted molar refractivity (Wildman–Crippen MR) is 176 cm³/mol. The number of thiophene rings is 1. The van der Waals surface area contributed by atoms with E-state index in [0.717, 1.165) is 5.46 Å². The number of benzene rings is 5. The van der Waals surface area contributed by atoms with Crippen LogP contribution in [0, 0.1) is 0 Å². The summed E-state index contributed by atoms with van der Waals surface area (Å²) in [5.74, 6) is 0. The van der Waals surface area contributed by atoms with E-state index in [4.69, 9.17) is 9.31 Å². The summed E-state index contributed by atoms with van der Waals surface area (Å²) in [7, 11) is -0.356. The summed E-state index contributed by atoms with van der Waals surface area (Å²) >= 11 is 1.89. The van der Waals surface area contributed by atoms with Crippen molar-refractivity contribution in [3.05, 3.63) is 102 Å². The van der Waals surface area contributed by atoms with Crippen molar-refractivity contribution in [3.63, 3.8) is 0 Å². The lowest BCUT2D eigenvalue weighted by molar-refractivity contribution is 0.00578. The molecular weight excluding hydrogens is 519 g/mol. The maximum atomic E-state index is 6.39. The van der Waals surface area contributed by atoms with Crippen molar-refractivity contribution in [1.29, 1.82) is 0 Å². The smallest absolute Gasteiger partial charge is 0.399 e. The van der Waals surface area contributed by atoms with Crippen LogP contribution in [-0.2, 0) is 14.7 Å². The monoisotopic (exact) mass is 552 g/mol. The SMILES string of the molecule is CC1(C)c2cc(B3OC(C)(C)C(C)(C)O3)ccc2-c2ccc(-c3ccc4c(c3)sc3ccc5ccccc5c34)cc21. The van der Waals surface area contributed by atoms with Crippen LogP contribution in [0.5, 0.6) is 0 Å². The Hall–Kier alpha value is -3.44. The van der Waals surface area contributed by atoms with Crippen LogP contribution in [-0.4, -0.2) is 18.3 Å². The summed E-state index contributed by atoms with van der Waals surface area (Å²) in [6.07, 6.45) is 0. The molecule has 2 nitrogen and oxygen atoms in total. The van der Waals surface area contributed by atoms with Gasteiger partial charge in [-0.1, -0.05) is 86.6 Å². The minimum Gasteiger partial charge on any atom is -0.399 e. The van der Waals surface area contributed by atoms with E-state index in [-0.39, 0.29) is 23.7 Å². The summed E-state index contributed by atoms with van der Waals surface area (Å²) in [5, 5.41) is 5.35. The van der Waals surface area contributed by atoms with Gasteiger partial charge in [0, 0.05) is 25.6 Å². The van der Waals surface area contributed by atoms with Crippen molar-refractivity contribution in [2.75, 3.05) is 0 Å². The molecule has 0 N–H and O–H groups in total. The van der Waals surface area contributed by atoms with Crippen LogP contribution < -0.4 is 5.46 Å². The fourth-order valence-corrected chi connectivity index (χ4v) is 7.95. The zero-order valence-electron chi connectivity index (χ0n) is 24.5. The Morgan fingerprint density at radius 1 is 0.585 bits per heavy atom. The lowest BCUT2D eigenvalue weighted by Gasteiger charge is -2.32. The Bertz CT molecular complexity index is 2030. The normalized spacial score (nSPS) is 18.3. The van der Waals surface area contributed by atoms with Gasteiger partial charge in [0.05, 0.1) is 11.2 Å². The Morgan fingerprint density at radius 3 is 2.02 bits per heavy atom. The summed E-state index contributed by atoms with van der Waals surface area (Å²) in [6, 6.07) is 34.0. The lowest BCUT2D eigenvalue weighted by Crippen LogP contribution is -2.41. The van der Waals surface area contributed by atoms with Gasteiger partial charge >= 0.3 is 7.12 Å². The zero-order chi connectivity index (χ0) is 28.3. The molecule has 2 heterocycles. The van der Waals surface area contributed by atoms with Crippen molar-refractivity contribution in [1.82, 2.24) is 0 Å². The van der Waals surface area contributed by atoms with E-state index in [1.807, 2.05) is 11.3 Å². The van der Waals surface area contributed by atoms with Crippen molar-refractivity contribution < 1.29 is 9.31 Å². The first-order valence-corrected chi connectivity index (χ1v) is 15.3. The van der Waals surface area contributed by atoms with Gasteiger partial charge in [0.15, 0.2) is 0 Å². The third kappa shape index (κ3) is 3.57. The van der Waals surface area contributed by atoms with E-state index in [1.54, 1.807) is 0 Å². The third-order valence-electron chi connectivity index (χ3n) is 9.92. The summed E-state index contributed by atoms with van der Waals surface area (Å²) in [4.78, 5) is 0. The van der Waals surface area contributed by atoms with Crippen molar-refractivity contribution in [3.8, 4) is 22.3 Å². The average Bonchev–Trinajstić information content (AvgIpc) is 3.52. The maximum Gasteiger partial charge on any atom is 0.494 e. The van der Waals surface area contributed by atoms with Crippen molar-refractivity contribution in [2.24, 2.45) is 0 Å². The van der Waals surface area contributed by atoms with Crippen LogP contribution in [0.1, 0.15) is 52.7 Å². The van der Waals surface area contributed by atoms with Crippen molar-refractivity contribution in [2.45, 2.75) is 58.2 Å². The standard InChI is InChI=1S/C37H33BO2S/c1-35(2)30-19-23(24-12-16-29-33(20-24)41-32-18-13-22-9-7-8-10-26(22)34(29)32)11-15-27(30)28-17-14-25(21-31(28)35)38-39-36(3,4)37(5,6)40-38/h7-21H,1-6H3. The molecule has 8 rings (SSSR count). The molecular formula is C37H33BO2S. The first kappa shape index (κ1) is 25.3. The first-order valence-electron chi connectivity index (χ1n) is 14.5. The van der Waals surface area contributed by atoms with E-state index in [0.29, 0.717) is 0 Å². The van der Waals surface area contributed by atoms with Crippen LogP contribution in [0.15, 0.2) is 91.0 Å². The Balaban J connectivity index is 1.19. The number of fused-ring (bicyclic) bond motifs is 8. The third-order valence-corrected chi connectivity index (χ3v) is 11.0. The molecule has 2 aliphatic rings. The Morgan fingerprint density at radius 2 is 1.24 bits per heavy atom. The zero-order valence-corrected chi connectivity index (χ0v) is 25.3. The molecule has 5 aromatic carbocycles. The summed E-state index contributed by atoms with van der Waals surface area (Å²) in [5.41, 5.74) is 8.13. The van der Waals surface area contributed by atoms with Crippen molar-refractivity contribution >= 4 is 54.9 Å². The fraction of sp³-hybridized carbons (Fsp3) is 0.243. The van der Waals surface area contributed by atoms with E-state index in [9.17, 15) is 0 Å². The van der Waals surface area contributed by atoms with E-state index in [2.05, 4.69) is 133 Å². The Kier molecular flexibility index (Phi) is 5.13. The van der Waals surface area contributed by atoms with Gasteiger partial charge in [-0.2, -0.15) is 0 Å². The number of hydrogen-bond acceptors (Lipinski definition) is 3. The predicted octanol–water partition coefficient (Wildman–Crippen LogP) is 9.48. The molecule has 202 valence electrons. The highest BCUT2D eigenvalue weighted by Crippen LogP contribution is 2.50. The molecule has 0 unspecified atom stereocenters. The number of rotatable bonds is 2. The largest absolute Gasteiger partial charge is 0.494 e. The minimum absolute atomic E-state index is 0.124. The second-order valence-corrected chi connectivity index (χ2v) is 14.3. The maximum absolute atomic E-state index is 6.39. The molecule has 1 aromatic heterocycles. The van der Waals surface area contributed by atoms with E-state index < -0.39 is 0 Å². The molecule has 0 saturated carbocycles. The molecule has 1 fully saturated rings. The molecule has 0 bridgehead atoms. The minimum atomic E-state index is -0.356. The Labute approximate surface area is 246 Å². The number of hydrogen-bond donors (Lipinski definition) is 0. The van der Waals surface area contributed by atoms with Gasteiger partial charge in [0.1, 0.15) is 0 Å². The molecule has 0 spiro atoms. The highest BCUT2D eigenvalue weighted by Gasteiger charge is 2.52. The summed E-state index contributed by atoms with van der Waals surface area (Å²) in [6.45, 7) is 13.1. The van der Waals surface area contributed by atoms with Crippen LogP contribution in [0.3, 0.4) is 0 Å². The van der Waals surface area contributed by atoms with E-state index in [1.165, 1.54) is 64.3 Å². The highest BCUT2D eigenvalue weighted by molar-refractivity contribution is 7.26. The molecule has 0 radical (unpaired) electrons. The lowest BCUT2D eigenvalue weighted by atomic mass is 9.74. The van der Waals surface area contributed by atoms with Gasteiger partial charge in [-0.15, -0.1) is 11.3 Å². The van der Waals surface area contributed by atoms with E-state index >= 15 is 0 Å². The van der Waals surface area contributed by atoms with Gasteiger partial charge in [-0.25, -0.2) is 0 Å². The summed E-state index contributed by atoms with van der Waals surface area (Å²) < 4.78 is 15.5. The molecule has 0 atom stereocenters. The van der Waals surface area contributed by atoms with Gasteiger partial charge < -0.3 is 9.31 Å². The fourth-order valence-electron chi connectivity index (χ4n) is 6.79. The average molecular weight is 553 g/mol. The van der Waals surface area contributed by atoms with Crippen LogP contribution in [0.4, 0.5) is 0 Å². The second kappa shape index (κ2) is 8.32. The first-order chi connectivity index (χ1) is 19.5. The molecule has 6 aromatic rings. The molecule has 41 heavy (non-hydrogen) atoms. The molecule has 1 aliphatic heterocycles. The topological polar surface area (TPSA) is 18.5 Å².